The normalized spacial score (nSPS) is 14.3. The lowest BCUT2D eigenvalue weighted by Crippen LogP contribution is -2.24. The average molecular weight is 259 g/mol. The zero-order valence-electron chi connectivity index (χ0n) is 11.7. The van der Waals surface area contributed by atoms with Gasteiger partial charge >= 0.3 is 0 Å². The first-order chi connectivity index (χ1) is 9.08. The van der Waals surface area contributed by atoms with Crippen LogP contribution in [0.3, 0.4) is 0 Å². The van der Waals surface area contributed by atoms with Crippen LogP contribution in [0.4, 0.5) is 0 Å². The molecule has 1 aromatic heterocycles. The van der Waals surface area contributed by atoms with E-state index in [1.165, 1.54) is 0 Å². The van der Waals surface area contributed by atoms with Crippen LogP contribution < -0.4 is 5.32 Å². The molecule has 102 valence electrons. The predicted molar refractivity (Wildman–Crippen MR) is 75.8 cm³/mol. The van der Waals surface area contributed by atoms with E-state index in [4.69, 9.17) is 0 Å². The molecule has 2 N–H and O–H groups in total. The minimum absolute atomic E-state index is 0.173. The summed E-state index contributed by atoms with van der Waals surface area (Å²) in [5, 5.41) is 17.7. The molecule has 2 atom stereocenters. The van der Waals surface area contributed by atoms with E-state index in [0.29, 0.717) is 6.54 Å². The lowest BCUT2D eigenvalue weighted by Gasteiger charge is -2.17. The van der Waals surface area contributed by atoms with Crippen LogP contribution in [0.5, 0.6) is 0 Å². The fourth-order valence-electron chi connectivity index (χ4n) is 2.14. The SMILES string of the molecule is Cc1ccccc1C(O)CNC(C)c1cnn(C)c1. The van der Waals surface area contributed by atoms with Crippen LogP contribution in [0.15, 0.2) is 36.7 Å². The van der Waals surface area contributed by atoms with E-state index in [0.717, 1.165) is 16.7 Å². The summed E-state index contributed by atoms with van der Waals surface area (Å²) in [5.74, 6) is 0. The Kier molecular flexibility index (Phi) is 4.35. The Hall–Kier alpha value is -1.65. The first-order valence-corrected chi connectivity index (χ1v) is 6.53. The summed E-state index contributed by atoms with van der Waals surface area (Å²) in [6.45, 7) is 4.62. The van der Waals surface area contributed by atoms with E-state index in [1.54, 1.807) is 4.68 Å². The molecule has 0 amide bonds. The molecule has 2 rings (SSSR count). The van der Waals surface area contributed by atoms with Gasteiger partial charge in [0, 0.05) is 31.4 Å². The molecule has 0 saturated heterocycles. The lowest BCUT2D eigenvalue weighted by molar-refractivity contribution is 0.170. The molecule has 0 aliphatic carbocycles. The van der Waals surface area contributed by atoms with E-state index in [9.17, 15) is 5.11 Å². The molecule has 0 aliphatic rings. The van der Waals surface area contributed by atoms with Gasteiger partial charge in [-0.1, -0.05) is 24.3 Å². The molecular formula is C15H21N3O. The van der Waals surface area contributed by atoms with Crippen molar-refractivity contribution >= 4 is 0 Å². The van der Waals surface area contributed by atoms with Crippen LogP contribution in [-0.2, 0) is 7.05 Å². The number of hydrogen-bond donors (Lipinski definition) is 2. The summed E-state index contributed by atoms with van der Waals surface area (Å²) in [7, 11) is 1.90. The highest BCUT2D eigenvalue weighted by atomic mass is 16.3. The molecule has 1 aromatic carbocycles. The van der Waals surface area contributed by atoms with Crippen molar-refractivity contribution in [1.82, 2.24) is 15.1 Å². The van der Waals surface area contributed by atoms with Crippen LogP contribution in [0.1, 0.15) is 35.8 Å². The van der Waals surface area contributed by atoms with Gasteiger partial charge in [0.15, 0.2) is 0 Å². The number of aromatic nitrogens is 2. The summed E-state index contributed by atoms with van der Waals surface area (Å²) in [4.78, 5) is 0. The van der Waals surface area contributed by atoms with E-state index in [1.807, 2.05) is 50.6 Å². The predicted octanol–water partition coefficient (Wildman–Crippen LogP) is 2.11. The number of aliphatic hydroxyl groups excluding tert-OH is 1. The molecule has 0 aliphatic heterocycles. The fraction of sp³-hybridized carbons (Fsp3) is 0.400. The van der Waals surface area contributed by atoms with Crippen molar-refractivity contribution in [3.8, 4) is 0 Å². The van der Waals surface area contributed by atoms with E-state index in [-0.39, 0.29) is 6.04 Å². The van der Waals surface area contributed by atoms with Crippen molar-refractivity contribution in [3.63, 3.8) is 0 Å². The second-order valence-electron chi connectivity index (χ2n) is 4.95. The smallest absolute Gasteiger partial charge is 0.0917 e. The van der Waals surface area contributed by atoms with Gasteiger partial charge in [0.1, 0.15) is 0 Å². The highest BCUT2D eigenvalue weighted by Gasteiger charge is 2.12. The Morgan fingerprint density at radius 1 is 1.37 bits per heavy atom. The zero-order valence-corrected chi connectivity index (χ0v) is 11.7. The molecule has 2 unspecified atom stereocenters. The van der Waals surface area contributed by atoms with Crippen molar-refractivity contribution < 1.29 is 5.11 Å². The summed E-state index contributed by atoms with van der Waals surface area (Å²) in [6.07, 6.45) is 3.34. The number of nitrogens with zero attached hydrogens (tertiary/aromatic N) is 2. The van der Waals surface area contributed by atoms with Crippen LogP contribution in [0.25, 0.3) is 0 Å². The van der Waals surface area contributed by atoms with Crippen LogP contribution in [-0.4, -0.2) is 21.4 Å². The molecule has 4 heteroatoms. The van der Waals surface area contributed by atoms with Gasteiger partial charge in [0.25, 0.3) is 0 Å². The maximum atomic E-state index is 10.2. The largest absolute Gasteiger partial charge is 0.387 e. The molecule has 0 fully saturated rings. The lowest BCUT2D eigenvalue weighted by atomic mass is 10.0. The third kappa shape index (κ3) is 3.43. The van der Waals surface area contributed by atoms with Gasteiger partial charge in [0.05, 0.1) is 12.3 Å². The van der Waals surface area contributed by atoms with Crippen LogP contribution >= 0.6 is 0 Å². The van der Waals surface area contributed by atoms with E-state index < -0.39 is 6.10 Å². The fourth-order valence-corrected chi connectivity index (χ4v) is 2.14. The number of aliphatic hydroxyl groups is 1. The molecule has 0 bridgehead atoms. The first-order valence-electron chi connectivity index (χ1n) is 6.53. The van der Waals surface area contributed by atoms with Gasteiger partial charge in [0.2, 0.25) is 0 Å². The monoisotopic (exact) mass is 259 g/mol. The third-order valence-corrected chi connectivity index (χ3v) is 3.39. The Balaban J connectivity index is 1.94. The standard InChI is InChI=1S/C15H21N3O/c1-11-6-4-5-7-14(11)15(19)9-16-12(2)13-8-17-18(3)10-13/h4-8,10,12,15-16,19H,9H2,1-3H3. The number of nitrogens with one attached hydrogen (secondary N) is 1. The van der Waals surface area contributed by atoms with Gasteiger partial charge < -0.3 is 10.4 Å². The highest BCUT2D eigenvalue weighted by molar-refractivity contribution is 5.27. The molecule has 0 radical (unpaired) electrons. The highest BCUT2D eigenvalue weighted by Crippen LogP contribution is 2.18. The second-order valence-corrected chi connectivity index (χ2v) is 4.95. The molecule has 0 saturated carbocycles. The van der Waals surface area contributed by atoms with Crippen molar-refractivity contribution in [2.24, 2.45) is 7.05 Å². The van der Waals surface area contributed by atoms with Gasteiger partial charge in [-0.15, -0.1) is 0 Å². The van der Waals surface area contributed by atoms with Crippen LogP contribution in [0, 0.1) is 6.92 Å². The van der Waals surface area contributed by atoms with E-state index in [2.05, 4.69) is 17.3 Å². The summed E-state index contributed by atoms with van der Waals surface area (Å²) in [6, 6.07) is 8.10. The minimum atomic E-state index is -0.486. The third-order valence-electron chi connectivity index (χ3n) is 3.39. The number of rotatable bonds is 5. The van der Waals surface area contributed by atoms with Crippen LogP contribution in [0.2, 0.25) is 0 Å². The van der Waals surface area contributed by atoms with Gasteiger partial charge in [-0.3, -0.25) is 4.68 Å². The number of hydrogen-bond acceptors (Lipinski definition) is 3. The molecule has 1 heterocycles. The summed E-state index contributed by atoms with van der Waals surface area (Å²) in [5.41, 5.74) is 3.22. The molecule has 0 spiro atoms. The maximum Gasteiger partial charge on any atom is 0.0917 e. The first kappa shape index (κ1) is 13.8. The summed E-state index contributed by atoms with van der Waals surface area (Å²) < 4.78 is 1.78. The molecule has 19 heavy (non-hydrogen) atoms. The van der Waals surface area contributed by atoms with Gasteiger partial charge in [-0.05, 0) is 25.0 Å². The van der Waals surface area contributed by atoms with Crippen molar-refractivity contribution in [3.05, 3.63) is 53.3 Å². The molecular weight excluding hydrogens is 238 g/mol. The van der Waals surface area contributed by atoms with Gasteiger partial charge in [-0.2, -0.15) is 5.10 Å². The van der Waals surface area contributed by atoms with Crippen molar-refractivity contribution in [2.45, 2.75) is 26.0 Å². The second kappa shape index (κ2) is 5.99. The van der Waals surface area contributed by atoms with E-state index >= 15 is 0 Å². The molecule has 4 nitrogen and oxygen atoms in total. The van der Waals surface area contributed by atoms with Crippen molar-refractivity contribution in [2.75, 3.05) is 6.54 Å². The minimum Gasteiger partial charge on any atom is -0.387 e. The van der Waals surface area contributed by atoms with Gasteiger partial charge in [-0.25, -0.2) is 0 Å². The summed E-state index contributed by atoms with van der Waals surface area (Å²) >= 11 is 0. The maximum absolute atomic E-state index is 10.2. The quantitative estimate of drug-likeness (QED) is 0.864. The number of aryl methyl sites for hydroxylation is 2. The average Bonchev–Trinajstić information content (AvgIpc) is 2.83. The number of benzene rings is 1. The Labute approximate surface area is 114 Å². The molecule has 2 aromatic rings. The Morgan fingerprint density at radius 2 is 2.11 bits per heavy atom. The van der Waals surface area contributed by atoms with Crippen molar-refractivity contribution in [1.29, 1.82) is 0 Å². The topological polar surface area (TPSA) is 50.1 Å². The Bertz CT molecular complexity index is 536. The Morgan fingerprint density at radius 3 is 2.74 bits per heavy atom. The zero-order chi connectivity index (χ0) is 13.8.